The van der Waals surface area contributed by atoms with Crippen LogP contribution in [0.1, 0.15) is 39.2 Å². The molecule has 1 aromatic rings. The molecular weight excluding hydrogens is 277 g/mol. The maximum absolute atomic E-state index is 6.41. The number of halogens is 2. The summed E-state index contributed by atoms with van der Waals surface area (Å²) in [4.78, 5) is 0. The molecule has 0 aliphatic heterocycles. The molecule has 1 aliphatic carbocycles. The minimum Gasteiger partial charge on any atom is -0.311 e. The van der Waals surface area contributed by atoms with E-state index in [1.807, 2.05) is 12.1 Å². The predicted molar refractivity (Wildman–Crippen MR) is 84.3 cm³/mol. The van der Waals surface area contributed by atoms with E-state index in [1.165, 1.54) is 5.56 Å². The van der Waals surface area contributed by atoms with Gasteiger partial charge >= 0.3 is 0 Å². The molecule has 0 aromatic heterocycles. The molecule has 1 N–H and O–H groups in total. The van der Waals surface area contributed by atoms with Crippen molar-refractivity contribution >= 4 is 23.2 Å². The molecule has 3 heteroatoms. The molecule has 0 atom stereocenters. The van der Waals surface area contributed by atoms with Crippen LogP contribution in [-0.2, 0) is 5.41 Å². The molecule has 0 radical (unpaired) electrons. The van der Waals surface area contributed by atoms with Crippen molar-refractivity contribution in [3.63, 3.8) is 0 Å². The third-order valence-corrected chi connectivity index (χ3v) is 4.19. The number of rotatable bonds is 3. The van der Waals surface area contributed by atoms with Gasteiger partial charge in [-0.1, -0.05) is 41.4 Å². The van der Waals surface area contributed by atoms with Crippen LogP contribution in [-0.4, -0.2) is 12.1 Å². The summed E-state index contributed by atoms with van der Waals surface area (Å²) in [5, 5.41) is 5.08. The van der Waals surface area contributed by atoms with E-state index in [0.717, 1.165) is 24.4 Å². The Bertz CT molecular complexity index is 478. The van der Waals surface area contributed by atoms with Crippen LogP contribution in [0.2, 0.25) is 10.0 Å². The van der Waals surface area contributed by atoms with Gasteiger partial charge in [-0.15, -0.1) is 0 Å². The number of allylic oxidation sites excluding steroid dienone is 2. The molecule has 0 spiro atoms. The zero-order valence-electron chi connectivity index (χ0n) is 11.8. The molecule has 2 rings (SSSR count). The van der Waals surface area contributed by atoms with E-state index >= 15 is 0 Å². The lowest BCUT2D eigenvalue weighted by Gasteiger charge is -2.34. The number of benzene rings is 1. The zero-order chi connectivity index (χ0) is 14.1. The lowest BCUT2D eigenvalue weighted by molar-refractivity contribution is 0.340. The van der Waals surface area contributed by atoms with Gasteiger partial charge in [-0.3, -0.25) is 0 Å². The van der Waals surface area contributed by atoms with E-state index < -0.39 is 0 Å². The largest absolute Gasteiger partial charge is 0.311 e. The van der Waals surface area contributed by atoms with Crippen molar-refractivity contribution in [1.82, 2.24) is 5.32 Å². The Hall–Kier alpha value is -0.500. The van der Waals surface area contributed by atoms with Crippen molar-refractivity contribution < 1.29 is 0 Å². The van der Waals surface area contributed by atoms with E-state index in [1.54, 1.807) is 0 Å². The summed E-state index contributed by atoms with van der Waals surface area (Å²) in [6.45, 7) is 7.48. The Balaban J connectivity index is 2.29. The van der Waals surface area contributed by atoms with Crippen molar-refractivity contribution in [2.45, 2.75) is 44.6 Å². The van der Waals surface area contributed by atoms with Crippen LogP contribution >= 0.6 is 23.2 Å². The van der Waals surface area contributed by atoms with Crippen LogP contribution in [0, 0.1) is 0 Å². The van der Waals surface area contributed by atoms with E-state index in [0.29, 0.717) is 5.02 Å². The third-order valence-electron chi connectivity index (χ3n) is 3.64. The first-order valence-electron chi connectivity index (χ1n) is 6.68. The summed E-state index contributed by atoms with van der Waals surface area (Å²) in [7, 11) is 0. The van der Waals surface area contributed by atoms with Gasteiger partial charge in [0.1, 0.15) is 0 Å². The molecule has 0 amide bonds. The predicted octanol–water partition coefficient (Wildman–Crippen LogP) is 4.97. The highest BCUT2D eigenvalue weighted by Gasteiger charge is 2.35. The monoisotopic (exact) mass is 297 g/mol. The van der Waals surface area contributed by atoms with E-state index in [4.69, 9.17) is 23.2 Å². The molecule has 0 heterocycles. The Labute approximate surface area is 126 Å². The van der Waals surface area contributed by atoms with E-state index in [2.05, 4.69) is 44.3 Å². The fourth-order valence-corrected chi connectivity index (χ4v) is 3.12. The fourth-order valence-electron chi connectivity index (χ4n) is 2.51. The molecule has 0 saturated heterocycles. The lowest BCUT2D eigenvalue weighted by Crippen LogP contribution is -2.45. The smallest absolute Gasteiger partial charge is 0.0459 e. The zero-order valence-corrected chi connectivity index (χ0v) is 13.3. The van der Waals surface area contributed by atoms with Crippen molar-refractivity contribution in [2.24, 2.45) is 0 Å². The SMILES string of the molecule is CC(C)(C)NCC1(c2ccc(Cl)cc2Cl)CC=CC1. The average Bonchev–Trinajstić information content (AvgIpc) is 2.75. The Morgan fingerprint density at radius 1 is 1.16 bits per heavy atom. The molecule has 1 nitrogen and oxygen atoms in total. The highest BCUT2D eigenvalue weighted by Crippen LogP contribution is 2.41. The van der Waals surface area contributed by atoms with E-state index in [9.17, 15) is 0 Å². The second-order valence-electron chi connectivity index (χ2n) is 6.39. The number of hydrogen-bond acceptors (Lipinski definition) is 1. The first-order valence-corrected chi connectivity index (χ1v) is 7.44. The molecule has 1 aromatic carbocycles. The fraction of sp³-hybridized carbons (Fsp3) is 0.500. The van der Waals surface area contributed by atoms with Gasteiger partial charge in [-0.2, -0.15) is 0 Å². The van der Waals surface area contributed by atoms with Gasteiger partial charge in [0.05, 0.1) is 0 Å². The maximum atomic E-state index is 6.41. The van der Waals surface area contributed by atoms with Crippen LogP contribution < -0.4 is 5.32 Å². The van der Waals surface area contributed by atoms with Gasteiger partial charge in [-0.25, -0.2) is 0 Å². The quantitative estimate of drug-likeness (QED) is 0.777. The average molecular weight is 298 g/mol. The van der Waals surface area contributed by atoms with Crippen LogP contribution in [0.3, 0.4) is 0 Å². The summed E-state index contributed by atoms with van der Waals surface area (Å²) in [5.74, 6) is 0. The molecule has 19 heavy (non-hydrogen) atoms. The van der Waals surface area contributed by atoms with E-state index in [-0.39, 0.29) is 11.0 Å². The second kappa shape index (κ2) is 5.47. The highest BCUT2D eigenvalue weighted by atomic mass is 35.5. The molecule has 1 aliphatic rings. The van der Waals surface area contributed by atoms with Gasteiger partial charge in [0.2, 0.25) is 0 Å². The first kappa shape index (κ1) is 14.9. The lowest BCUT2D eigenvalue weighted by atomic mass is 9.77. The minimum atomic E-state index is 0.0644. The Morgan fingerprint density at radius 2 is 1.79 bits per heavy atom. The molecular formula is C16H21Cl2N. The van der Waals surface area contributed by atoms with Gasteiger partial charge < -0.3 is 5.32 Å². The topological polar surface area (TPSA) is 12.0 Å². The summed E-state index contributed by atoms with van der Waals surface area (Å²) in [6.07, 6.45) is 6.54. The third kappa shape index (κ3) is 3.53. The number of hydrogen-bond donors (Lipinski definition) is 1. The summed E-state index contributed by atoms with van der Waals surface area (Å²) in [5.41, 5.74) is 1.36. The van der Waals surface area contributed by atoms with Crippen molar-refractivity contribution in [2.75, 3.05) is 6.54 Å². The van der Waals surface area contributed by atoms with Crippen molar-refractivity contribution in [1.29, 1.82) is 0 Å². The summed E-state index contributed by atoms with van der Waals surface area (Å²) < 4.78 is 0. The molecule has 0 bridgehead atoms. The van der Waals surface area contributed by atoms with Crippen molar-refractivity contribution in [3.8, 4) is 0 Å². The summed E-state index contributed by atoms with van der Waals surface area (Å²) in [6, 6.07) is 5.84. The minimum absolute atomic E-state index is 0.0644. The molecule has 0 saturated carbocycles. The Morgan fingerprint density at radius 3 is 2.32 bits per heavy atom. The molecule has 0 fully saturated rings. The highest BCUT2D eigenvalue weighted by molar-refractivity contribution is 6.35. The van der Waals surface area contributed by atoms with Crippen LogP contribution in [0.25, 0.3) is 0 Å². The Kier molecular flexibility index (Phi) is 4.29. The van der Waals surface area contributed by atoms with Gasteiger partial charge in [0.15, 0.2) is 0 Å². The van der Waals surface area contributed by atoms with Crippen LogP contribution in [0.4, 0.5) is 0 Å². The van der Waals surface area contributed by atoms with Gasteiger partial charge in [0, 0.05) is 27.5 Å². The summed E-state index contributed by atoms with van der Waals surface area (Å²) >= 11 is 12.4. The normalized spacial score (nSPS) is 17.9. The van der Waals surface area contributed by atoms with Crippen LogP contribution in [0.5, 0.6) is 0 Å². The standard InChI is InChI=1S/C16H21Cl2N/c1-15(2,3)19-11-16(8-4-5-9-16)13-7-6-12(17)10-14(13)18/h4-7,10,19H,8-9,11H2,1-3H3. The second-order valence-corrected chi connectivity index (χ2v) is 7.23. The van der Waals surface area contributed by atoms with Crippen LogP contribution in [0.15, 0.2) is 30.4 Å². The van der Waals surface area contributed by atoms with Gasteiger partial charge in [-0.05, 0) is 51.3 Å². The molecule has 0 unspecified atom stereocenters. The number of nitrogens with one attached hydrogen (secondary N) is 1. The molecule has 104 valence electrons. The first-order chi connectivity index (χ1) is 8.82. The van der Waals surface area contributed by atoms with Gasteiger partial charge in [0.25, 0.3) is 0 Å². The van der Waals surface area contributed by atoms with Crippen molar-refractivity contribution in [3.05, 3.63) is 46.0 Å². The maximum Gasteiger partial charge on any atom is 0.0459 e.